The van der Waals surface area contributed by atoms with Crippen LogP contribution in [0.3, 0.4) is 0 Å². The molecular formula is C34H49N2O3S-. The highest BCUT2D eigenvalue weighted by Crippen LogP contribution is 2.30. The van der Waals surface area contributed by atoms with E-state index in [1.807, 2.05) is 49.6 Å². The van der Waals surface area contributed by atoms with Gasteiger partial charge in [0.1, 0.15) is 0 Å². The Kier molecular flexibility index (Phi) is 13.6. The molecule has 5 nitrogen and oxygen atoms in total. The molecule has 40 heavy (non-hydrogen) atoms. The zero-order valence-electron chi connectivity index (χ0n) is 25.0. The van der Waals surface area contributed by atoms with E-state index in [0.717, 1.165) is 40.6 Å². The first-order chi connectivity index (χ1) is 19.3. The number of benzene rings is 2. The van der Waals surface area contributed by atoms with E-state index in [-0.39, 0.29) is 5.91 Å². The number of carbonyl (C=O) groups excluding carboxylic acids is 2. The first kappa shape index (κ1) is 32.2. The SMILES string of the molecule is CSCC[C@H](NC(=O)c1ccc(CN[C@H](CCCC(C)C)CC2CCCCC2)cc1-c1ccccc1C)C(=O)[O-]. The first-order valence-corrected chi connectivity index (χ1v) is 16.6. The fourth-order valence-electron chi connectivity index (χ4n) is 5.88. The fraction of sp³-hybridized carbons (Fsp3) is 0.588. The Hall–Kier alpha value is -2.31. The van der Waals surface area contributed by atoms with Gasteiger partial charge in [-0.1, -0.05) is 89.1 Å². The third-order valence-corrected chi connectivity index (χ3v) is 8.88. The summed E-state index contributed by atoms with van der Waals surface area (Å²) >= 11 is 1.55. The maximum Gasteiger partial charge on any atom is 0.252 e. The van der Waals surface area contributed by atoms with Gasteiger partial charge in [0.15, 0.2) is 0 Å². The summed E-state index contributed by atoms with van der Waals surface area (Å²) < 4.78 is 0. The Balaban J connectivity index is 1.81. The van der Waals surface area contributed by atoms with Crippen LogP contribution in [0.4, 0.5) is 0 Å². The van der Waals surface area contributed by atoms with Crippen molar-refractivity contribution in [3.63, 3.8) is 0 Å². The van der Waals surface area contributed by atoms with E-state index >= 15 is 0 Å². The minimum Gasteiger partial charge on any atom is -0.548 e. The summed E-state index contributed by atoms with van der Waals surface area (Å²) in [5.74, 6) is 0.552. The van der Waals surface area contributed by atoms with Gasteiger partial charge in [0.05, 0.1) is 12.0 Å². The van der Waals surface area contributed by atoms with Crippen LogP contribution >= 0.6 is 11.8 Å². The molecule has 1 saturated carbocycles. The minimum atomic E-state index is -1.25. The molecule has 0 radical (unpaired) electrons. The average molecular weight is 566 g/mol. The standard InChI is InChI=1S/C34H50N2O3S/c1-24(2)11-10-15-28(21-26-13-6-5-7-14-26)35-23-27-17-18-30(31(22-27)29-16-9-8-12-25(29)3)33(37)36-32(34(38)39)19-20-40-4/h8-9,12,16-18,22,24,26,28,32,35H,5-7,10-11,13-15,19-21,23H2,1-4H3,(H,36,37)(H,38,39)/p-1/t28-,32+/m1/s1. The maximum atomic E-state index is 13.4. The second kappa shape index (κ2) is 16.8. The van der Waals surface area contributed by atoms with E-state index in [1.165, 1.54) is 57.8 Å². The number of aliphatic carboxylic acids is 1. The lowest BCUT2D eigenvalue weighted by molar-refractivity contribution is -0.308. The van der Waals surface area contributed by atoms with Crippen LogP contribution in [0, 0.1) is 18.8 Å². The van der Waals surface area contributed by atoms with Crippen molar-refractivity contribution >= 4 is 23.6 Å². The van der Waals surface area contributed by atoms with Gasteiger partial charge >= 0.3 is 0 Å². The number of nitrogens with one attached hydrogen (secondary N) is 2. The van der Waals surface area contributed by atoms with Crippen LogP contribution in [-0.4, -0.2) is 36.0 Å². The second-order valence-electron chi connectivity index (χ2n) is 12.0. The third kappa shape index (κ3) is 10.3. The molecule has 3 rings (SSSR count). The van der Waals surface area contributed by atoms with Crippen LogP contribution in [0.2, 0.25) is 0 Å². The van der Waals surface area contributed by atoms with Crippen molar-refractivity contribution in [1.82, 2.24) is 10.6 Å². The largest absolute Gasteiger partial charge is 0.548 e. The molecule has 0 aliphatic heterocycles. The van der Waals surface area contributed by atoms with Gasteiger partial charge < -0.3 is 20.5 Å². The van der Waals surface area contributed by atoms with Crippen molar-refractivity contribution in [3.05, 3.63) is 59.2 Å². The zero-order chi connectivity index (χ0) is 28.9. The molecule has 2 N–H and O–H groups in total. The molecule has 1 aliphatic carbocycles. The molecule has 2 atom stereocenters. The van der Waals surface area contributed by atoms with Crippen molar-refractivity contribution < 1.29 is 14.7 Å². The monoisotopic (exact) mass is 565 g/mol. The molecule has 1 amide bonds. The van der Waals surface area contributed by atoms with Crippen LogP contribution in [0.15, 0.2) is 42.5 Å². The molecule has 0 heterocycles. The zero-order valence-corrected chi connectivity index (χ0v) is 25.8. The maximum absolute atomic E-state index is 13.4. The number of hydrogen-bond donors (Lipinski definition) is 2. The molecule has 0 spiro atoms. The number of aryl methyl sites for hydroxylation is 1. The molecular weight excluding hydrogens is 516 g/mol. The van der Waals surface area contributed by atoms with Gasteiger partial charge in [-0.25, -0.2) is 0 Å². The van der Waals surface area contributed by atoms with Crippen LogP contribution in [-0.2, 0) is 11.3 Å². The van der Waals surface area contributed by atoms with Crippen LogP contribution in [0.25, 0.3) is 11.1 Å². The van der Waals surface area contributed by atoms with Crippen molar-refractivity contribution in [2.45, 2.75) is 104 Å². The summed E-state index contributed by atoms with van der Waals surface area (Å²) in [6.45, 7) is 7.38. The highest BCUT2D eigenvalue weighted by molar-refractivity contribution is 7.98. The quantitative estimate of drug-likeness (QED) is 0.242. The van der Waals surface area contributed by atoms with Crippen molar-refractivity contribution in [1.29, 1.82) is 0 Å². The van der Waals surface area contributed by atoms with Crippen LogP contribution in [0.5, 0.6) is 0 Å². The van der Waals surface area contributed by atoms with E-state index in [1.54, 1.807) is 11.8 Å². The molecule has 0 unspecified atom stereocenters. The van der Waals surface area contributed by atoms with Gasteiger partial charge in [0.2, 0.25) is 0 Å². The summed E-state index contributed by atoms with van der Waals surface area (Å²) in [6, 6.07) is 13.5. The van der Waals surface area contributed by atoms with E-state index in [4.69, 9.17) is 0 Å². The highest BCUT2D eigenvalue weighted by atomic mass is 32.2. The minimum absolute atomic E-state index is 0.329. The average Bonchev–Trinajstić information content (AvgIpc) is 2.94. The molecule has 2 aromatic carbocycles. The number of thioether (sulfide) groups is 1. The number of carbonyl (C=O) groups is 2. The summed E-state index contributed by atoms with van der Waals surface area (Å²) in [5.41, 5.74) is 4.51. The summed E-state index contributed by atoms with van der Waals surface area (Å²) in [6.07, 6.45) is 14.0. The molecule has 1 aliphatic rings. The van der Waals surface area contributed by atoms with Gasteiger partial charge in [-0.05, 0) is 84.4 Å². The summed E-state index contributed by atoms with van der Waals surface area (Å²) in [7, 11) is 0. The van der Waals surface area contributed by atoms with E-state index in [2.05, 4.69) is 30.5 Å². The van der Waals surface area contributed by atoms with Gasteiger partial charge in [-0.3, -0.25) is 4.79 Å². The molecule has 1 fully saturated rings. The fourth-order valence-corrected chi connectivity index (χ4v) is 6.35. The number of rotatable bonds is 16. The topological polar surface area (TPSA) is 81.3 Å². The third-order valence-electron chi connectivity index (χ3n) is 8.24. The van der Waals surface area contributed by atoms with Crippen molar-refractivity contribution in [2.24, 2.45) is 11.8 Å². The molecule has 0 saturated heterocycles. The number of amides is 1. The summed E-state index contributed by atoms with van der Waals surface area (Å²) in [5, 5.41) is 18.3. The second-order valence-corrected chi connectivity index (χ2v) is 12.9. The highest BCUT2D eigenvalue weighted by Gasteiger charge is 2.21. The Morgan fingerprint density at radius 1 is 1.00 bits per heavy atom. The molecule has 2 aromatic rings. The van der Waals surface area contributed by atoms with Gasteiger partial charge in [-0.15, -0.1) is 0 Å². The van der Waals surface area contributed by atoms with Gasteiger partial charge in [0.25, 0.3) is 5.91 Å². The Morgan fingerprint density at radius 2 is 1.75 bits per heavy atom. The predicted molar refractivity (Wildman–Crippen MR) is 166 cm³/mol. The van der Waals surface area contributed by atoms with Crippen molar-refractivity contribution in [2.75, 3.05) is 12.0 Å². The smallest absolute Gasteiger partial charge is 0.252 e. The number of hydrogen-bond acceptors (Lipinski definition) is 5. The number of carboxylic acids is 1. The van der Waals surface area contributed by atoms with E-state index < -0.39 is 12.0 Å². The Labute approximate surface area is 246 Å². The van der Waals surface area contributed by atoms with Gasteiger partial charge in [-0.2, -0.15) is 11.8 Å². The lowest BCUT2D eigenvalue weighted by atomic mass is 9.83. The Morgan fingerprint density at radius 3 is 2.42 bits per heavy atom. The van der Waals surface area contributed by atoms with Gasteiger partial charge in [0, 0.05) is 18.2 Å². The lowest BCUT2D eigenvalue weighted by Gasteiger charge is -2.28. The molecule has 6 heteroatoms. The first-order valence-electron chi connectivity index (χ1n) is 15.2. The van der Waals surface area contributed by atoms with E-state index in [0.29, 0.717) is 23.8 Å². The number of carboxylic acid groups (broad SMARTS) is 1. The van der Waals surface area contributed by atoms with E-state index in [9.17, 15) is 14.7 Å². The van der Waals surface area contributed by atoms with Crippen LogP contribution < -0.4 is 15.7 Å². The summed E-state index contributed by atoms with van der Waals surface area (Å²) in [4.78, 5) is 25.1. The van der Waals surface area contributed by atoms with Crippen LogP contribution in [0.1, 0.15) is 99.5 Å². The van der Waals surface area contributed by atoms with Crippen molar-refractivity contribution in [3.8, 4) is 11.1 Å². The normalized spacial score (nSPS) is 15.6. The predicted octanol–water partition coefficient (Wildman–Crippen LogP) is 6.52. The molecule has 0 bridgehead atoms. The lowest BCUT2D eigenvalue weighted by Crippen LogP contribution is -2.48. The molecule has 220 valence electrons. The molecule has 0 aromatic heterocycles. The Bertz CT molecular complexity index is 1080.